The molecule has 0 aliphatic heterocycles. The predicted octanol–water partition coefficient (Wildman–Crippen LogP) is 2.19. The van der Waals surface area contributed by atoms with Gasteiger partial charge in [-0.1, -0.05) is 12.2 Å². The molecule has 1 unspecified atom stereocenters. The molecule has 1 aliphatic carbocycles. The Labute approximate surface area is 87.6 Å². The molecule has 1 N–H and O–H groups in total. The van der Waals surface area contributed by atoms with E-state index in [1.54, 1.807) is 0 Å². The van der Waals surface area contributed by atoms with Gasteiger partial charge in [-0.15, -0.1) is 0 Å². The topological polar surface area (TPSA) is 23.5 Å². The summed E-state index contributed by atoms with van der Waals surface area (Å²) in [6, 6.07) is 0.665. The van der Waals surface area contributed by atoms with E-state index in [4.69, 9.17) is 5.11 Å². The molecule has 1 aliphatic rings. The van der Waals surface area contributed by atoms with Gasteiger partial charge < -0.3 is 5.11 Å². The molecule has 0 heterocycles. The van der Waals surface area contributed by atoms with Crippen molar-refractivity contribution in [3.63, 3.8) is 0 Å². The Morgan fingerprint density at radius 1 is 1.36 bits per heavy atom. The Balaban J connectivity index is 2.10. The van der Waals surface area contributed by atoms with E-state index in [-0.39, 0.29) is 0 Å². The minimum Gasteiger partial charge on any atom is -0.396 e. The van der Waals surface area contributed by atoms with Gasteiger partial charge in [-0.25, -0.2) is 0 Å². The number of hydrogen-bond donors (Lipinski definition) is 1. The first kappa shape index (κ1) is 11.7. The van der Waals surface area contributed by atoms with Crippen molar-refractivity contribution in [3.05, 3.63) is 12.2 Å². The Morgan fingerprint density at radius 3 is 2.86 bits per heavy atom. The van der Waals surface area contributed by atoms with Crippen LogP contribution in [0.2, 0.25) is 0 Å². The molecule has 2 nitrogen and oxygen atoms in total. The van der Waals surface area contributed by atoms with Gasteiger partial charge in [-0.2, -0.15) is 0 Å². The van der Waals surface area contributed by atoms with Crippen LogP contribution in [0.4, 0.5) is 0 Å². The summed E-state index contributed by atoms with van der Waals surface area (Å²) in [4.78, 5) is 2.44. The summed E-state index contributed by atoms with van der Waals surface area (Å²) >= 11 is 0. The fourth-order valence-corrected chi connectivity index (χ4v) is 1.98. The minimum absolute atomic E-state index is 0.340. The summed E-state index contributed by atoms with van der Waals surface area (Å²) in [5, 5.41) is 8.66. The Kier molecular flexibility index (Phi) is 5.88. The molecule has 2 heteroatoms. The molecule has 0 saturated heterocycles. The number of aliphatic hydroxyl groups is 1. The maximum Gasteiger partial charge on any atom is 0.0431 e. The molecule has 0 fully saturated rings. The summed E-state index contributed by atoms with van der Waals surface area (Å²) in [6.45, 7) is 1.50. The first-order valence-corrected chi connectivity index (χ1v) is 5.82. The van der Waals surface area contributed by atoms with E-state index in [1.165, 1.54) is 25.7 Å². The van der Waals surface area contributed by atoms with E-state index in [1.807, 2.05) is 0 Å². The van der Waals surface area contributed by atoms with Gasteiger partial charge in [0.25, 0.3) is 0 Å². The van der Waals surface area contributed by atoms with Gasteiger partial charge in [0.15, 0.2) is 0 Å². The molecule has 1 rings (SSSR count). The maximum atomic E-state index is 8.66. The summed E-state index contributed by atoms with van der Waals surface area (Å²) in [7, 11) is 2.21. The van der Waals surface area contributed by atoms with Crippen molar-refractivity contribution in [2.45, 2.75) is 44.6 Å². The first-order chi connectivity index (χ1) is 6.84. The van der Waals surface area contributed by atoms with Gasteiger partial charge in [-0.3, -0.25) is 4.90 Å². The number of hydrogen-bond acceptors (Lipinski definition) is 2. The lowest BCUT2D eigenvalue weighted by molar-refractivity contribution is 0.245. The average molecular weight is 197 g/mol. The maximum absolute atomic E-state index is 8.66. The van der Waals surface area contributed by atoms with Gasteiger partial charge in [0.1, 0.15) is 0 Å². The van der Waals surface area contributed by atoms with Gasteiger partial charge in [0.05, 0.1) is 0 Å². The Hall–Kier alpha value is -0.340. The lowest BCUT2D eigenvalue weighted by atomic mass is 10.0. The second kappa shape index (κ2) is 7.02. The zero-order valence-corrected chi connectivity index (χ0v) is 9.28. The number of nitrogens with zero attached hydrogens (tertiary/aromatic N) is 1. The van der Waals surface area contributed by atoms with Gasteiger partial charge in [0.2, 0.25) is 0 Å². The molecule has 1 atom stereocenters. The van der Waals surface area contributed by atoms with E-state index in [9.17, 15) is 0 Å². The highest BCUT2D eigenvalue weighted by atomic mass is 16.2. The number of allylic oxidation sites excluding steroid dienone is 1. The summed E-state index contributed by atoms with van der Waals surface area (Å²) in [5.41, 5.74) is 0. The van der Waals surface area contributed by atoms with Gasteiger partial charge in [0, 0.05) is 12.6 Å². The van der Waals surface area contributed by atoms with Crippen molar-refractivity contribution in [1.82, 2.24) is 4.90 Å². The average Bonchev–Trinajstić information content (AvgIpc) is 2.25. The van der Waals surface area contributed by atoms with Crippen molar-refractivity contribution >= 4 is 0 Å². The smallest absolute Gasteiger partial charge is 0.0431 e. The van der Waals surface area contributed by atoms with Crippen LogP contribution in [0.3, 0.4) is 0 Å². The SMILES string of the molecule is CN(CCCCCO)C1C=CCCC1. The van der Waals surface area contributed by atoms with Crippen LogP contribution in [0.25, 0.3) is 0 Å². The summed E-state index contributed by atoms with van der Waals surface area (Å²) in [5.74, 6) is 0. The summed E-state index contributed by atoms with van der Waals surface area (Å²) < 4.78 is 0. The number of unbranched alkanes of at least 4 members (excludes halogenated alkanes) is 2. The third-order valence-electron chi connectivity index (χ3n) is 2.96. The summed E-state index contributed by atoms with van der Waals surface area (Å²) in [6.07, 6.45) is 11.9. The number of rotatable bonds is 6. The molecule has 82 valence electrons. The molecule has 0 spiro atoms. The van der Waals surface area contributed by atoms with Gasteiger partial charge >= 0.3 is 0 Å². The third-order valence-corrected chi connectivity index (χ3v) is 2.96. The largest absolute Gasteiger partial charge is 0.396 e. The number of likely N-dealkylation sites (N-methyl/N-ethyl adjacent to an activating group) is 1. The van der Waals surface area contributed by atoms with Crippen LogP contribution in [-0.2, 0) is 0 Å². The molecule has 0 aromatic carbocycles. The van der Waals surface area contributed by atoms with E-state index in [0.717, 1.165) is 19.4 Å². The molecule has 0 aromatic rings. The van der Waals surface area contributed by atoms with E-state index in [2.05, 4.69) is 24.1 Å². The highest BCUT2D eigenvalue weighted by molar-refractivity contribution is 4.97. The zero-order valence-electron chi connectivity index (χ0n) is 9.28. The molecule has 0 radical (unpaired) electrons. The molecule has 0 aromatic heterocycles. The molecular weight excluding hydrogens is 174 g/mol. The van der Waals surface area contributed by atoms with E-state index in [0.29, 0.717) is 12.6 Å². The van der Waals surface area contributed by atoms with Gasteiger partial charge in [-0.05, 0) is 52.1 Å². The van der Waals surface area contributed by atoms with Crippen LogP contribution in [0.15, 0.2) is 12.2 Å². The monoisotopic (exact) mass is 197 g/mol. The van der Waals surface area contributed by atoms with Crippen molar-refractivity contribution in [2.75, 3.05) is 20.2 Å². The standard InChI is InChI=1S/C12H23NO/c1-13(10-6-3-7-11-14)12-8-4-2-5-9-12/h4,8,12,14H,2-3,5-7,9-11H2,1H3. The van der Waals surface area contributed by atoms with Crippen LogP contribution in [0, 0.1) is 0 Å². The first-order valence-electron chi connectivity index (χ1n) is 5.82. The second-order valence-corrected chi connectivity index (χ2v) is 4.19. The highest BCUT2D eigenvalue weighted by Gasteiger charge is 2.12. The predicted molar refractivity (Wildman–Crippen MR) is 60.3 cm³/mol. The highest BCUT2D eigenvalue weighted by Crippen LogP contribution is 2.15. The molecule has 0 amide bonds. The normalized spacial score (nSPS) is 21.8. The van der Waals surface area contributed by atoms with E-state index >= 15 is 0 Å². The minimum atomic E-state index is 0.340. The molecule has 14 heavy (non-hydrogen) atoms. The molecule has 0 bridgehead atoms. The van der Waals surface area contributed by atoms with Crippen molar-refractivity contribution in [3.8, 4) is 0 Å². The third kappa shape index (κ3) is 4.25. The fraction of sp³-hybridized carbons (Fsp3) is 0.833. The van der Waals surface area contributed by atoms with Crippen LogP contribution in [0.1, 0.15) is 38.5 Å². The van der Waals surface area contributed by atoms with Crippen LogP contribution < -0.4 is 0 Å². The van der Waals surface area contributed by atoms with Crippen LogP contribution >= 0.6 is 0 Å². The van der Waals surface area contributed by atoms with Crippen LogP contribution in [-0.4, -0.2) is 36.2 Å². The Morgan fingerprint density at radius 2 is 2.21 bits per heavy atom. The van der Waals surface area contributed by atoms with Crippen molar-refractivity contribution in [2.24, 2.45) is 0 Å². The number of aliphatic hydroxyl groups excluding tert-OH is 1. The molecule has 0 saturated carbocycles. The van der Waals surface area contributed by atoms with Crippen molar-refractivity contribution < 1.29 is 5.11 Å². The lowest BCUT2D eigenvalue weighted by Gasteiger charge is -2.27. The lowest BCUT2D eigenvalue weighted by Crippen LogP contribution is -2.31. The fourth-order valence-electron chi connectivity index (χ4n) is 1.98. The van der Waals surface area contributed by atoms with E-state index < -0.39 is 0 Å². The van der Waals surface area contributed by atoms with Crippen molar-refractivity contribution in [1.29, 1.82) is 0 Å². The van der Waals surface area contributed by atoms with Crippen LogP contribution in [0.5, 0.6) is 0 Å². The molecular formula is C12H23NO. The Bertz CT molecular complexity index is 168. The quantitative estimate of drug-likeness (QED) is 0.521. The second-order valence-electron chi connectivity index (χ2n) is 4.19. The zero-order chi connectivity index (χ0) is 10.2.